The average molecular weight is 299 g/mol. The number of aryl methyl sites for hydroxylation is 2. The first-order valence-electron chi connectivity index (χ1n) is 7.21. The maximum absolute atomic E-state index is 11.5. The van der Waals surface area contributed by atoms with Crippen LogP contribution in [0.2, 0.25) is 0 Å². The van der Waals surface area contributed by atoms with Gasteiger partial charge in [-0.1, -0.05) is 13.8 Å². The fourth-order valence-corrected chi connectivity index (χ4v) is 2.85. The van der Waals surface area contributed by atoms with Gasteiger partial charge in [0, 0.05) is 24.4 Å². The van der Waals surface area contributed by atoms with Crippen molar-refractivity contribution in [3.63, 3.8) is 0 Å². The summed E-state index contributed by atoms with van der Waals surface area (Å²) in [7, 11) is 0. The van der Waals surface area contributed by atoms with Crippen molar-refractivity contribution in [1.82, 2.24) is 15.6 Å². The number of hydrogen-bond acceptors (Lipinski definition) is 4. The second-order valence-electron chi connectivity index (χ2n) is 4.75. The van der Waals surface area contributed by atoms with E-state index in [0.717, 1.165) is 23.5 Å². The van der Waals surface area contributed by atoms with Crippen LogP contribution >= 0.6 is 11.3 Å². The number of carbonyl (C=O) groups excluding carboxylic acids is 1. The Labute approximate surface area is 124 Å². The molecule has 0 saturated heterocycles. The smallest absolute Gasteiger partial charge is 0.314 e. The number of nitrogens with one attached hydrogen (secondary N) is 2. The Hall–Kier alpha value is -1.14. The number of aliphatic hydroxyl groups is 1. The highest BCUT2D eigenvalue weighted by Gasteiger charge is 2.07. The van der Waals surface area contributed by atoms with E-state index in [-0.39, 0.29) is 12.1 Å². The van der Waals surface area contributed by atoms with E-state index >= 15 is 0 Å². The fraction of sp³-hybridized carbons (Fsp3) is 0.714. The summed E-state index contributed by atoms with van der Waals surface area (Å²) in [6, 6.07) is -0.183. The standard InChI is InChI=1S/C14H25N3O2S/c1-4-11(18)6-8-15-14(19)16-9-7-13-17-12(5-2)10(3)20-13/h11,18H,4-9H2,1-3H3,(H2,15,16,19). The van der Waals surface area contributed by atoms with Crippen LogP contribution in [-0.4, -0.2) is 35.3 Å². The lowest BCUT2D eigenvalue weighted by molar-refractivity contribution is 0.160. The molecule has 0 saturated carbocycles. The molecule has 1 unspecified atom stereocenters. The van der Waals surface area contributed by atoms with E-state index in [2.05, 4.69) is 29.5 Å². The molecule has 6 heteroatoms. The number of thiazole rings is 1. The van der Waals surface area contributed by atoms with Crippen LogP contribution in [0.25, 0.3) is 0 Å². The molecular weight excluding hydrogens is 274 g/mol. The molecule has 2 amide bonds. The predicted octanol–water partition coefficient (Wildman–Crippen LogP) is 2.02. The predicted molar refractivity (Wildman–Crippen MR) is 82.2 cm³/mol. The first-order valence-corrected chi connectivity index (χ1v) is 8.03. The Balaban J connectivity index is 2.18. The van der Waals surface area contributed by atoms with Crippen LogP contribution in [-0.2, 0) is 12.8 Å². The lowest BCUT2D eigenvalue weighted by Gasteiger charge is -2.09. The minimum Gasteiger partial charge on any atom is -0.393 e. The first kappa shape index (κ1) is 16.9. The van der Waals surface area contributed by atoms with Crippen molar-refractivity contribution in [2.24, 2.45) is 0 Å². The molecule has 1 aromatic rings. The van der Waals surface area contributed by atoms with Crippen LogP contribution in [0.15, 0.2) is 0 Å². The third-order valence-corrected chi connectivity index (χ3v) is 4.20. The maximum atomic E-state index is 11.5. The second-order valence-corrected chi connectivity index (χ2v) is 6.04. The van der Waals surface area contributed by atoms with E-state index in [1.807, 2.05) is 6.92 Å². The monoisotopic (exact) mass is 299 g/mol. The SMILES string of the molecule is CCc1nc(CCNC(=O)NCCC(O)CC)sc1C. The topological polar surface area (TPSA) is 74.2 Å². The van der Waals surface area contributed by atoms with Crippen LogP contribution in [0.4, 0.5) is 4.79 Å². The normalized spacial score (nSPS) is 12.2. The summed E-state index contributed by atoms with van der Waals surface area (Å²) in [5.74, 6) is 0. The molecule has 0 aliphatic rings. The molecule has 114 valence electrons. The Morgan fingerprint density at radius 1 is 1.35 bits per heavy atom. The Morgan fingerprint density at radius 3 is 2.65 bits per heavy atom. The van der Waals surface area contributed by atoms with Crippen molar-refractivity contribution in [3.8, 4) is 0 Å². The van der Waals surface area contributed by atoms with Crippen molar-refractivity contribution in [3.05, 3.63) is 15.6 Å². The molecule has 0 aromatic carbocycles. The van der Waals surface area contributed by atoms with Gasteiger partial charge in [-0.2, -0.15) is 0 Å². The highest BCUT2D eigenvalue weighted by atomic mass is 32.1. The maximum Gasteiger partial charge on any atom is 0.314 e. The van der Waals surface area contributed by atoms with Crippen molar-refractivity contribution in [2.75, 3.05) is 13.1 Å². The van der Waals surface area contributed by atoms with Crippen LogP contribution in [0.3, 0.4) is 0 Å². The van der Waals surface area contributed by atoms with Gasteiger partial charge in [-0.25, -0.2) is 9.78 Å². The number of urea groups is 1. The van der Waals surface area contributed by atoms with E-state index in [1.165, 1.54) is 4.88 Å². The van der Waals surface area contributed by atoms with Gasteiger partial charge >= 0.3 is 6.03 Å². The van der Waals surface area contributed by atoms with Crippen LogP contribution in [0.5, 0.6) is 0 Å². The van der Waals surface area contributed by atoms with Gasteiger partial charge in [-0.3, -0.25) is 0 Å². The van der Waals surface area contributed by atoms with Crippen LogP contribution in [0.1, 0.15) is 42.3 Å². The molecule has 1 heterocycles. The van der Waals surface area contributed by atoms with E-state index in [9.17, 15) is 9.90 Å². The molecule has 0 aliphatic heterocycles. The van der Waals surface area contributed by atoms with E-state index in [1.54, 1.807) is 11.3 Å². The van der Waals surface area contributed by atoms with Crippen LogP contribution < -0.4 is 10.6 Å². The summed E-state index contributed by atoms with van der Waals surface area (Å²) < 4.78 is 0. The lowest BCUT2D eigenvalue weighted by atomic mass is 10.2. The minimum absolute atomic E-state index is 0.183. The molecule has 1 rings (SSSR count). The molecule has 0 bridgehead atoms. The van der Waals surface area contributed by atoms with Gasteiger partial charge in [-0.15, -0.1) is 11.3 Å². The summed E-state index contributed by atoms with van der Waals surface area (Å²) in [6.45, 7) is 7.18. The first-order chi connectivity index (χ1) is 9.56. The van der Waals surface area contributed by atoms with Gasteiger partial charge in [-0.05, 0) is 26.2 Å². The number of rotatable bonds is 8. The molecule has 0 aliphatic carbocycles. The highest BCUT2D eigenvalue weighted by molar-refractivity contribution is 7.11. The Bertz CT molecular complexity index is 421. The number of aliphatic hydroxyl groups excluding tert-OH is 1. The molecule has 5 nitrogen and oxygen atoms in total. The molecule has 0 radical (unpaired) electrons. The van der Waals surface area contributed by atoms with Gasteiger partial charge in [0.15, 0.2) is 0 Å². The lowest BCUT2D eigenvalue weighted by Crippen LogP contribution is -2.37. The van der Waals surface area contributed by atoms with Crippen molar-refractivity contribution in [1.29, 1.82) is 0 Å². The van der Waals surface area contributed by atoms with Gasteiger partial charge in [0.2, 0.25) is 0 Å². The van der Waals surface area contributed by atoms with E-state index in [0.29, 0.717) is 25.9 Å². The number of amides is 2. The molecule has 0 fully saturated rings. The molecule has 1 aromatic heterocycles. The average Bonchev–Trinajstić information content (AvgIpc) is 2.78. The number of aromatic nitrogens is 1. The Kier molecular flexibility index (Phi) is 7.54. The summed E-state index contributed by atoms with van der Waals surface area (Å²) in [5, 5.41) is 16.0. The third kappa shape index (κ3) is 5.88. The van der Waals surface area contributed by atoms with Gasteiger partial charge in [0.25, 0.3) is 0 Å². The summed E-state index contributed by atoms with van der Waals surface area (Å²) in [5.41, 5.74) is 1.16. The third-order valence-electron chi connectivity index (χ3n) is 3.13. The van der Waals surface area contributed by atoms with Gasteiger partial charge in [0.1, 0.15) is 0 Å². The molecule has 1 atom stereocenters. The number of carbonyl (C=O) groups is 1. The molecule has 3 N–H and O–H groups in total. The van der Waals surface area contributed by atoms with Crippen LogP contribution in [0, 0.1) is 6.92 Å². The minimum atomic E-state index is -0.332. The zero-order valence-corrected chi connectivity index (χ0v) is 13.3. The number of hydrogen-bond donors (Lipinski definition) is 3. The largest absolute Gasteiger partial charge is 0.393 e. The Morgan fingerprint density at radius 2 is 2.05 bits per heavy atom. The van der Waals surface area contributed by atoms with Gasteiger partial charge < -0.3 is 15.7 Å². The summed E-state index contributed by atoms with van der Waals surface area (Å²) in [6.07, 6.45) is 2.69. The highest BCUT2D eigenvalue weighted by Crippen LogP contribution is 2.17. The molecule has 20 heavy (non-hydrogen) atoms. The van der Waals surface area contributed by atoms with E-state index < -0.39 is 0 Å². The quantitative estimate of drug-likeness (QED) is 0.687. The van der Waals surface area contributed by atoms with Crippen molar-refractivity contribution < 1.29 is 9.90 Å². The molecular formula is C14H25N3O2S. The van der Waals surface area contributed by atoms with Crippen molar-refractivity contribution >= 4 is 17.4 Å². The summed E-state index contributed by atoms with van der Waals surface area (Å²) >= 11 is 1.70. The zero-order chi connectivity index (χ0) is 15.0. The number of nitrogens with zero attached hydrogens (tertiary/aromatic N) is 1. The zero-order valence-electron chi connectivity index (χ0n) is 12.5. The molecule has 0 spiro atoms. The summed E-state index contributed by atoms with van der Waals surface area (Å²) in [4.78, 5) is 17.3. The van der Waals surface area contributed by atoms with E-state index in [4.69, 9.17) is 0 Å². The second kappa shape index (κ2) is 8.92. The fourth-order valence-electron chi connectivity index (χ4n) is 1.82. The van der Waals surface area contributed by atoms with Gasteiger partial charge in [0.05, 0.1) is 16.8 Å². The van der Waals surface area contributed by atoms with Crippen molar-refractivity contribution in [2.45, 2.75) is 52.6 Å².